The van der Waals surface area contributed by atoms with Crippen LogP contribution in [0.2, 0.25) is 0 Å². The maximum atomic E-state index is 12.0. The summed E-state index contributed by atoms with van der Waals surface area (Å²) in [4.78, 5) is 12.0. The minimum Gasteiger partial charge on any atom is -0.486 e. The predicted molar refractivity (Wildman–Crippen MR) is 90.3 cm³/mol. The zero-order chi connectivity index (χ0) is 16.1. The summed E-state index contributed by atoms with van der Waals surface area (Å²) in [5, 5.41) is 6.12. The molecule has 5 heteroatoms. The number of carbonyl (C=O) groups excluding carboxylic acids is 1. The standard InChI is InChI=1S/C18H20N2O3/c1-13-3-2-4-14(11-13)19-8-7-18(21)20-15-5-6-16-17(12-15)23-10-9-22-16/h2-6,11-12,19H,7-10H2,1H3,(H,20,21). The van der Waals surface area contributed by atoms with E-state index in [2.05, 4.69) is 16.7 Å². The highest BCUT2D eigenvalue weighted by molar-refractivity contribution is 5.91. The van der Waals surface area contributed by atoms with Crippen molar-refractivity contribution < 1.29 is 14.3 Å². The molecule has 0 atom stereocenters. The van der Waals surface area contributed by atoms with E-state index < -0.39 is 0 Å². The minimum absolute atomic E-state index is 0.0400. The van der Waals surface area contributed by atoms with E-state index >= 15 is 0 Å². The average molecular weight is 312 g/mol. The zero-order valence-electron chi connectivity index (χ0n) is 13.1. The molecule has 3 rings (SSSR count). The molecule has 1 aliphatic rings. The Morgan fingerprint density at radius 3 is 2.70 bits per heavy atom. The van der Waals surface area contributed by atoms with Crippen molar-refractivity contribution in [3.63, 3.8) is 0 Å². The van der Waals surface area contributed by atoms with Crippen molar-refractivity contribution in [3.8, 4) is 11.5 Å². The lowest BCUT2D eigenvalue weighted by atomic mass is 10.2. The van der Waals surface area contributed by atoms with Crippen molar-refractivity contribution in [2.24, 2.45) is 0 Å². The molecule has 0 saturated heterocycles. The molecular formula is C18H20N2O3. The number of amides is 1. The van der Waals surface area contributed by atoms with E-state index in [9.17, 15) is 4.79 Å². The van der Waals surface area contributed by atoms with E-state index in [1.165, 1.54) is 5.56 Å². The molecule has 2 N–H and O–H groups in total. The monoisotopic (exact) mass is 312 g/mol. The van der Waals surface area contributed by atoms with Gasteiger partial charge in [0.1, 0.15) is 13.2 Å². The zero-order valence-corrected chi connectivity index (χ0v) is 13.1. The summed E-state index contributed by atoms with van der Waals surface area (Å²) >= 11 is 0. The van der Waals surface area contributed by atoms with Crippen LogP contribution in [0.5, 0.6) is 11.5 Å². The van der Waals surface area contributed by atoms with Gasteiger partial charge in [0.2, 0.25) is 5.91 Å². The molecule has 0 bridgehead atoms. The Kier molecular flexibility index (Phi) is 4.66. The van der Waals surface area contributed by atoms with Gasteiger partial charge in [-0.2, -0.15) is 0 Å². The number of anilines is 2. The third-order valence-corrected chi connectivity index (χ3v) is 3.53. The van der Waals surface area contributed by atoms with Crippen LogP contribution in [0, 0.1) is 6.92 Å². The first kappa shape index (κ1) is 15.2. The van der Waals surface area contributed by atoms with Crippen molar-refractivity contribution >= 4 is 17.3 Å². The fourth-order valence-corrected chi connectivity index (χ4v) is 2.42. The van der Waals surface area contributed by atoms with Crippen LogP contribution >= 0.6 is 0 Å². The SMILES string of the molecule is Cc1cccc(NCCC(=O)Nc2ccc3c(c2)OCCO3)c1. The lowest BCUT2D eigenvalue weighted by Crippen LogP contribution is -2.18. The topological polar surface area (TPSA) is 59.6 Å². The highest BCUT2D eigenvalue weighted by Gasteiger charge is 2.12. The third-order valence-electron chi connectivity index (χ3n) is 3.53. The third kappa shape index (κ3) is 4.16. The molecule has 0 aromatic heterocycles. The van der Waals surface area contributed by atoms with Gasteiger partial charge in [0.05, 0.1) is 0 Å². The molecule has 120 valence electrons. The largest absolute Gasteiger partial charge is 0.486 e. The number of aryl methyl sites for hydroxylation is 1. The summed E-state index contributed by atoms with van der Waals surface area (Å²) in [7, 11) is 0. The van der Waals surface area contributed by atoms with Gasteiger partial charge in [0.25, 0.3) is 0 Å². The molecule has 1 amide bonds. The van der Waals surface area contributed by atoms with Crippen LogP contribution in [0.25, 0.3) is 0 Å². The Hall–Kier alpha value is -2.69. The first-order valence-electron chi connectivity index (χ1n) is 7.71. The predicted octanol–water partition coefficient (Wildman–Crippen LogP) is 3.21. The Bertz CT molecular complexity index is 700. The number of benzene rings is 2. The molecule has 0 fully saturated rings. The lowest BCUT2D eigenvalue weighted by Gasteiger charge is -2.19. The summed E-state index contributed by atoms with van der Waals surface area (Å²) < 4.78 is 11.0. The van der Waals surface area contributed by atoms with E-state index in [1.807, 2.05) is 37.3 Å². The van der Waals surface area contributed by atoms with Gasteiger partial charge in [-0.1, -0.05) is 12.1 Å². The van der Waals surface area contributed by atoms with Crippen molar-refractivity contribution in [1.29, 1.82) is 0 Å². The molecule has 2 aromatic rings. The highest BCUT2D eigenvalue weighted by Crippen LogP contribution is 2.32. The Morgan fingerprint density at radius 1 is 1.04 bits per heavy atom. The van der Waals surface area contributed by atoms with E-state index in [0.29, 0.717) is 31.9 Å². The molecule has 1 aliphatic heterocycles. The maximum absolute atomic E-state index is 12.0. The maximum Gasteiger partial charge on any atom is 0.226 e. The number of carbonyl (C=O) groups is 1. The van der Waals surface area contributed by atoms with Crippen LogP contribution < -0.4 is 20.1 Å². The molecule has 5 nitrogen and oxygen atoms in total. The second-order valence-corrected chi connectivity index (χ2v) is 5.45. The second kappa shape index (κ2) is 7.05. The second-order valence-electron chi connectivity index (χ2n) is 5.45. The number of fused-ring (bicyclic) bond motifs is 1. The number of hydrogen-bond acceptors (Lipinski definition) is 4. The fourth-order valence-electron chi connectivity index (χ4n) is 2.42. The Labute approximate surface area is 135 Å². The molecular weight excluding hydrogens is 292 g/mol. The Balaban J connectivity index is 1.49. The van der Waals surface area contributed by atoms with Gasteiger partial charge >= 0.3 is 0 Å². The van der Waals surface area contributed by atoms with Crippen LogP contribution in [-0.2, 0) is 4.79 Å². The highest BCUT2D eigenvalue weighted by atomic mass is 16.6. The minimum atomic E-state index is -0.0400. The van der Waals surface area contributed by atoms with E-state index in [4.69, 9.17) is 9.47 Å². The normalized spacial score (nSPS) is 12.6. The molecule has 0 aliphatic carbocycles. The molecule has 0 spiro atoms. The summed E-state index contributed by atoms with van der Waals surface area (Å²) in [5.74, 6) is 1.35. The molecule has 23 heavy (non-hydrogen) atoms. The van der Waals surface area contributed by atoms with Crippen LogP contribution in [-0.4, -0.2) is 25.7 Å². The van der Waals surface area contributed by atoms with Crippen molar-refractivity contribution in [1.82, 2.24) is 0 Å². The molecule has 1 heterocycles. The van der Waals surface area contributed by atoms with Crippen molar-refractivity contribution in [2.75, 3.05) is 30.4 Å². The van der Waals surface area contributed by atoms with Gasteiger partial charge in [-0.3, -0.25) is 4.79 Å². The first-order valence-corrected chi connectivity index (χ1v) is 7.71. The van der Waals surface area contributed by atoms with Gasteiger partial charge in [0, 0.05) is 30.4 Å². The average Bonchev–Trinajstić information content (AvgIpc) is 2.55. The van der Waals surface area contributed by atoms with Crippen LogP contribution in [0.1, 0.15) is 12.0 Å². The number of hydrogen-bond donors (Lipinski definition) is 2. The van der Waals surface area contributed by atoms with E-state index in [0.717, 1.165) is 17.1 Å². The van der Waals surface area contributed by atoms with Gasteiger partial charge in [0.15, 0.2) is 11.5 Å². The number of ether oxygens (including phenoxy) is 2. The first-order chi connectivity index (χ1) is 11.2. The summed E-state index contributed by atoms with van der Waals surface area (Å²) in [6, 6.07) is 13.5. The molecule has 2 aromatic carbocycles. The van der Waals surface area contributed by atoms with E-state index in [1.54, 1.807) is 6.07 Å². The van der Waals surface area contributed by atoms with Crippen LogP contribution in [0.3, 0.4) is 0 Å². The van der Waals surface area contributed by atoms with Crippen molar-refractivity contribution in [3.05, 3.63) is 48.0 Å². The molecule has 0 radical (unpaired) electrons. The number of rotatable bonds is 5. The quantitative estimate of drug-likeness (QED) is 0.890. The van der Waals surface area contributed by atoms with Gasteiger partial charge in [-0.15, -0.1) is 0 Å². The molecule has 0 saturated carbocycles. The van der Waals surface area contributed by atoms with Crippen LogP contribution in [0.15, 0.2) is 42.5 Å². The lowest BCUT2D eigenvalue weighted by molar-refractivity contribution is -0.115. The van der Waals surface area contributed by atoms with Gasteiger partial charge < -0.3 is 20.1 Å². The summed E-state index contributed by atoms with van der Waals surface area (Å²) in [6.07, 6.45) is 0.391. The fraction of sp³-hybridized carbons (Fsp3) is 0.278. The van der Waals surface area contributed by atoms with Crippen molar-refractivity contribution in [2.45, 2.75) is 13.3 Å². The number of nitrogens with one attached hydrogen (secondary N) is 2. The van der Waals surface area contributed by atoms with Gasteiger partial charge in [-0.25, -0.2) is 0 Å². The molecule has 0 unspecified atom stereocenters. The summed E-state index contributed by atoms with van der Waals surface area (Å²) in [6.45, 7) is 3.72. The smallest absolute Gasteiger partial charge is 0.226 e. The van der Waals surface area contributed by atoms with Crippen LogP contribution in [0.4, 0.5) is 11.4 Å². The van der Waals surface area contributed by atoms with E-state index in [-0.39, 0.29) is 5.91 Å². The Morgan fingerprint density at radius 2 is 1.87 bits per heavy atom. The van der Waals surface area contributed by atoms with Gasteiger partial charge in [-0.05, 0) is 36.8 Å². The summed E-state index contributed by atoms with van der Waals surface area (Å²) in [5.41, 5.74) is 2.93.